The van der Waals surface area contributed by atoms with E-state index < -0.39 is 18.0 Å². The minimum absolute atomic E-state index is 0.0222. The van der Waals surface area contributed by atoms with Crippen LogP contribution in [0.4, 0.5) is 20.0 Å². The molecule has 0 fully saturated rings. The van der Waals surface area contributed by atoms with Crippen molar-refractivity contribution in [2.75, 3.05) is 36.9 Å². The van der Waals surface area contributed by atoms with E-state index in [1.165, 1.54) is 29.7 Å². The van der Waals surface area contributed by atoms with Crippen molar-refractivity contribution in [1.29, 1.82) is 5.26 Å². The summed E-state index contributed by atoms with van der Waals surface area (Å²) in [5.41, 5.74) is 0.706. The van der Waals surface area contributed by atoms with Gasteiger partial charge in [-0.15, -0.1) is 11.3 Å². The van der Waals surface area contributed by atoms with Crippen molar-refractivity contribution in [1.82, 2.24) is 14.9 Å². The quantitative estimate of drug-likeness (QED) is 0.232. The summed E-state index contributed by atoms with van der Waals surface area (Å²) in [6.07, 6.45) is 2.35. The number of aromatic nitrogens is 2. The Morgan fingerprint density at radius 3 is 2.67 bits per heavy atom. The number of carbonyl (C=O) groups is 1. The Balaban J connectivity index is 1.48. The second-order valence-corrected chi connectivity index (χ2v) is 9.29. The first-order valence-electron chi connectivity index (χ1n) is 12.2. The van der Waals surface area contributed by atoms with Gasteiger partial charge >= 0.3 is 6.03 Å². The first-order valence-corrected chi connectivity index (χ1v) is 13.1. The van der Waals surface area contributed by atoms with E-state index in [2.05, 4.69) is 31.6 Å². The zero-order valence-electron chi connectivity index (χ0n) is 21.3. The van der Waals surface area contributed by atoms with E-state index in [0.29, 0.717) is 34.1 Å². The number of urea groups is 1. The highest BCUT2D eigenvalue weighted by molar-refractivity contribution is 7.13. The molecule has 0 saturated carbocycles. The third kappa shape index (κ3) is 7.17. The van der Waals surface area contributed by atoms with Crippen molar-refractivity contribution < 1.29 is 23.8 Å². The molecule has 2 aromatic heterocycles. The SMILES string of the molecule is CCN(CC)C[C@@H](O)COc1cc2nccc(Oc3ccc(NC(=O)Nc4nccs4)c(F)c3)c2cc1C#N. The third-order valence-corrected chi connectivity index (χ3v) is 6.48. The van der Waals surface area contributed by atoms with Crippen LogP contribution in [0.3, 0.4) is 0 Å². The highest BCUT2D eigenvalue weighted by Crippen LogP contribution is 2.34. The van der Waals surface area contributed by atoms with Crippen molar-refractivity contribution in [2.45, 2.75) is 20.0 Å². The molecular weight excluding hydrogens is 523 g/mol. The fraction of sp³-hybridized carbons (Fsp3) is 0.259. The number of nitrogens with one attached hydrogen (secondary N) is 2. The summed E-state index contributed by atoms with van der Waals surface area (Å²) in [6, 6.07) is 10.3. The van der Waals surface area contributed by atoms with Crippen LogP contribution in [-0.2, 0) is 0 Å². The lowest BCUT2D eigenvalue weighted by atomic mass is 10.1. The Bertz CT molecular complexity index is 1470. The topological polar surface area (TPSA) is 133 Å². The lowest BCUT2D eigenvalue weighted by Crippen LogP contribution is -2.35. The van der Waals surface area contributed by atoms with Crippen LogP contribution in [0, 0.1) is 17.1 Å². The minimum atomic E-state index is -0.722. The zero-order chi connectivity index (χ0) is 27.8. The summed E-state index contributed by atoms with van der Waals surface area (Å²) < 4.78 is 26.4. The molecular formula is C27H27FN6O4S. The molecule has 12 heteroatoms. The molecule has 0 unspecified atom stereocenters. The van der Waals surface area contributed by atoms with E-state index in [0.717, 1.165) is 19.2 Å². The standard InChI is InChI=1S/C27H27FN6O4S/c1-3-34(4-2)15-18(35)16-37-25-13-23-20(11-17(25)14-29)24(7-8-30-23)38-19-5-6-22(21(28)12-19)32-26(36)33-27-31-9-10-39-27/h5-13,18,35H,3-4,15-16H2,1-2H3,(H2,31,32,33,36)/t18-/m1/s1. The van der Waals surface area contributed by atoms with E-state index >= 15 is 0 Å². The van der Waals surface area contributed by atoms with Crippen LogP contribution >= 0.6 is 11.3 Å². The molecule has 2 heterocycles. The van der Waals surface area contributed by atoms with Crippen molar-refractivity contribution in [3.8, 4) is 23.3 Å². The Labute approximate surface area is 228 Å². The van der Waals surface area contributed by atoms with Gasteiger partial charge in [0.1, 0.15) is 41.8 Å². The number of nitrogens with zero attached hydrogens (tertiary/aromatic N) is 4. The Morgan fingerprint density at radius 2 is 1.97 bits per heavy atom. The molecule has 4 rings (SSSR count). The highest BCUT2D eigenvalue weighted by atomic mass is 32.1. The van der Waals surface area contributed by atoms with Crippen molar-refractivity contribution in [2.24, 2.45) is 0 Å². The average Bonchev–Trinajstić information content (AvgIpc) is 3.44. The van der Waals surface area contributed by atoms with Crippen LogP contribution in [0.2, 0.25) is 0 Å². The van der Waals surface area contributed by atoms with Crippen LogP contribution in [0.5, 0.6) is 17.2 Å². The molecule has 202 valence electrons. The van der Waals surface area contributed by atoms with Gasteiger partial charge in [0.05, 0.1) is 16.8 Å². The number of hydrogen-bond acceptors (Lipinski definition) is 9. The van der Waals surface area contributed by atoms with E-state index in [1.807, 2.05) is 13.8 Å². The molecule has 2 aromatic carbocycles. The van der Waals surface area contributed by atoms with Crippen LogP contribution in [0.15, 0.2) is 54.2 Å². The van der Waals surface area contributed by atoms with Gasteiger partial charge in [0.25, 0.3) is 0 Å². The first-order chi connectivity index (χ1) is 18.9. The van der Waals surface area contributed by atoms with Gasteiger partial charge in [0.2, 0.25) is 0 Å². The number of pyridine rings is 1. The fourth-order valence-electron chi connectivity index (χ4n) is 3.79. The molecule has 2 amide bonds. The normalized spacial score (nSPS) is 11.7. The van der Waals surface area contributed by atoms with Crippen molar-refractivity contribution >= 4 is 39.1 Å². The number of likely N-dealkylation sites (N-methyl/N-ethyl adjacent to an activating group) is 1. The Morgan fingerprint density at radius 1 is 1.15 bits per heavy atom. The predicted molar refractivity (Wildman–Crippen MR) is 147 cm³/mol. The van der Waals surface area contributed by atoms with E-state index in [-0.39, 0.29) is 23.6 Å². The Kier molecular flexibility index (Phi) is 9.22. The monoisotopic (exact) mass is 550 g/mol. The summed E-state index contributed by atoms with van der Waals surface area (Å²) >= 11 is 1.24. The molecule has 3 N–H and O–H groups in total. The largest absolute Gasteiger partial charge is 0.489 e. The second kappa shape index (κ2) is 13.0. The lowest BCUT2D eigenvalue weighted by Gasteiger charge is -2.22. The summed E-state index contributed by atoms with van der Waals surface area (Å²) in [4.78, 5) is 22.5. The van der Waals surface area contributed by atoms with Gasteiger partial charge in [-0.05, 0) is 37.4 Å². The molecule has 0 bridgehead atoms. The maximum absolute atomic E-state index is 14.7. The summed E-state index contributed by atoms with van der Waals surface area (Å²) in [5, 5.41) is 27.6. The number of aliphatic hydroxyl groups is 1. The number of thiazole rings is 1. The third-order valence-electron chi connectivity index (χ3n) is 5.79. The number of benzene rings is 2. The second-order valence-electron chi connectivity index (χ2n) is 8.40. The number of ether oxygens (including phenoxy) is 2. The summed E-state index contributed by atoms with van der Waals surface area (Å²) in [6.45, 7) is 6.14. The van der Waals surface area contributed by atoms with E-state index in [4.69, 9.17) is 9.47 Å². The number of anilines is 2. The summed E-state index contributed by atoms with van der Waals surface area (Å²) in [7, 11) is 0. The lowest BCUT2D eigenvalue weighted by molar-refractivity contribution is 0.0716. The van der Waals surface area contributed by atoms with E-state index in [1.54, 1.807) is 29.8 Å². The molecule has 4 aromatic rings. The maximum atomic E-state index is 14.7. The molecule has 1 atom stereocenters. The molecule has 0 aliphatic rings. The van der Waals surface area contributed by atoms with Crippen molar-refractivity contribution in [3.63, 3.8) is 0 Å². The highest BCUT2D eigenvalue weighted by Gasteiger charge is 2.16. The fourth-order valence-corrected chi connectivity index (χ4v) is 4.31. The number of halogens is 1. The van der Waals surface area contributed by atoms with Gasteiger partial charge in [-0.2, -0.15) is 5.26 Å². The maximum Gasteiger partial charge on any atom is 0.325 e. The number of rotatable bonds is 11. The van der Waals surface area contributed by atoms with Crippen molar-refractivity contribution in [3.05, 3.63) is 65.6 Å². The predicted octanol–water partition coefficient (Wildman–Crippen LogP) is 5.22. The van der Waals surface area contributed by atoms with Gasteiger partial charge < -0.3 is 24.8 Å². The Hall–Kier alpha value is -4.31. The van der Waals surface area contributed by atoms with Crippen LogP contribution < -0.4 is 20.1 Å². The smallest absolute Gasteiger partial charge is 0.325 e. The first kappa shape index (κ1) is 27.7. The van der Waals surface area contributed by atoms with Gasteiger partial charge in [-0.25, -0.2) is 14.2 Å². The molecule has 39 heavy (non-hydrogen) atoms. The number of amides is 2. The summed E-state index contributed by atoms with van der Waals surface area (Å²) in [5.74, 6) is 0.137. The number of nitriles is 1. The number of carbonyl (C=O) groups excluding carboxylic acids is 1. The number of hydrogen-bond donors (Lipinski definition) is 3. The molecule has 0 radical (unpaired) electrons. The van der Waals surface area contributed by atoms with Gasteiger partial charge in [-0.1, -0.05) is 13.8 Å². The molecule has 0 aliphatic heterocycles. The van der Waals surface area contributed by atoms with Crippen LogP contribution in [0.25, 0.3) is 10.9 Å². The van der Waals surface area contributed by atoms with Crippen LogP contribution in [-0.4, -0.2) is 58.4 Å². The molecule has 0 saturated heterocycles. The molecule has 0 spiro atoms. The minimum Gasteiger partial charge on any atom is -0.489 e. The molecule has 10 nitrogen and oxygen atoms in total. The zero-order valence-corrected chi connectivity index (χ0v) is 22.2. The van der Waals surface area contributed by atoms with E-state index in [9.17, 15) is 19.6 Å². The average molecular weight is 551 g/mol. The van der Waals surface area contributed by atoms with Gasteiger partial charge in [-0.3, -0.25) is 10.3 Å². The van der Waals surface area contributed by atoms with Crippen LogP contribution in [0.1, 0.15) is 19.4 Å². The number of aliphatic hydroxyl groups excluding tert-OH is 1. The number of fused-ring (bicyclic) bond motifs is 1. The van der Waals surface area contributed by atoms with Gasteiger partial charge in [0.15, 0.2) is 5.13 Å². The molecule has 0 aliphatic carbocycles. The van der Waals surface area contributed by atoms with Gasteiger partial charge in [0, 0.05) is 41.8 Å².